The standard InChI is InChI=1S/C10H18N2O4/c1-5(2)8(11)9(14)12-4-6(13)3-7(12)10(15)16/h5-8,13H,3-4,11H2,1-2H3,(H,15,16)/t6-,7-,8?/m0/s1. The van der Waals surface area contributed by atoms with E-state index in [4.69, 9.17) is 10.8 Å². The lowest BCUT2D eigenvalue weighted by atomic mass is 10.0. The maximum Gasteiger partial charge on any atom is 0.326 e. The normalized spacial score (nSPS) is 27.2. The highest BCUT2D eigenvalue weighted by Gasteiger charge is 2.40. The number of carboxylic acids is 1. The van der Waals surface area contributed by atoms with E-state index in [1.165, 1.54) is 0 Å². The quantitative estimate of drug-likeness (QED) is 0.578. The lowest BCUT2D eigenvalue weighted by Crippen LogP contribution is -2.50. The zero-order valence-corrected chi connectivity index (χ0v) is 9.46. The molecule has 1 unspecified atom stereocenters. The van der Waals surface area contributed by atoms with Gasteiger partial charge in [0.25, 0.3) is 0 Å². The summed E-state index contributed by atoms with van der Waals surface area (Å²) in [4.78, 5) is 23.9. The third-order valence-electron chi connectivity index (χ3n) is 2.85. The van der Waals surface area contributed by atoms with E-state index >= 15 is 0 Å². The molecule has 0 radical (unpaired) electrons. The van der Waals surface area contributed by atoms with Gasteiger partial charge in [0.05, 0.1) is 12.1 Å². The van der Waals surface area contributed by atoms with Crippen molar-refractivity contribution < 1.29 is 19.8 Å². The SMILES string of the molecule is CC(C)C(N)C(=O)N1C[C@@H](O)C[C@H]1C(=O)O. The highest BCUT2D eigenvalue weighted by atomic mass is 16.4. The van der Waals surface area contributed by atoms with Crippen LogP contribution in [-0.4, -0.2) is 51.7 Å². The van der Waals surface area contributed by atoms with Crippen molar-refractivity contribution in [1.29, 1.82) is 0 Å². The molecule has 0 aromatic rings. The van der Waals surface area contributed by atoms with Gasteiger partial charge in [-0.25, -0.2) is 4.79 Å². The molecule has 0 aromatic carbocycles. The summed E-state index contributed by atoms with van der Waals surface area (Å²) >= 11 is 0. The summed E-state index contributed by atoms with van der Waals surface area (Å²) in [6.45, 7) is 3.64. The maximum atomic E-state index is 11.9. The number of carbonyl (C=O) groups excluding carboxylic acids is 1. The first-order chi connectivity index (χ1) is 7.34. The number of hydrogen-bond donors (Lipinski definition) is 3. The molecule has 1 aliphatic rings. The minimum atomic E-state index is -1.10. The van der Waals surface area contributed by atoms with E-state index in [1.807, 2.05) is 0 Å². The highest BCUT2D eigenvalue weighted by molar-refractivity contribution is 5.87. The summed E-state index contributed by atoms with van der Waals surface area (Å²) < 4.78 is 0. The molecule has 3 atom stereocenters. The van der Waals surface area contributed by atoms with Crippen molar-refractivity contribution in [3.8, 4) is 0 Å². The van der Waals surface area contributed by atoms with Crippen molar-refractivity contribution in [3.63, 3.8) is 0 Å². The van der Waals surface area contributed by atoms with Gasteiger partial charge >= 0.3 is 5.97 Å². The van der Waals surface area contributed by atoms with E-state index in [0.717, 1.165) is 4.90 Å². The van der Waals surface area contributed by atoms with Crippen molar-refractivity contribution in [1.82, 2.24) is 4.90 Å². The van der Waals surface area contributed by atoms with Gasteiger partial charge in [0.1, 0.15) is 6.04 Å². The molecular formula is C10H18N2O4. The van der Waals surface area contributed by atoms with E-state index in [-0.39, 0.29) is 18.9 Å². The molecule has 4 N–H and O–H groups in total. The minimum Gasteiger partial charge on any atom is -0.480 e. The van der Waals surface area contributed by atoms with E-state index < -0.39 is 30.1 Å². The van der Waals surface area contributed by atoms with Crippen LogP contribution in [0.1, 0.15) is 20.3 Å². The number of aliphatic carboxylic acids is 1. The van der Waals surface area contributed by atoms with Gasteiger partial charge in [0.2, 0.25) is 5.91 Å². The number of hydrogen-bond acceptors (Lipinski definition) is 4. The van der Waals surface area contributed by atoms with Crippen LogP contribution >= 0.6 is 0 Å². The number of carboxylic acid groups (broad SMARTS) is 1. The number of amides is 1. The molecule has 1 amide bonds. The Morgan fingerprint density at radius 1 is 1.44 bits per heavy atom. The number of likely N-dealkylation sites (tertiary alicyclic amines) is 1. The van der Waals surface area contributed by atoms with Crippen molar-refractivity contribution in [2.45, 2.75) is 38.5 Å². The first-order valence-corrected chi connectivity index (χ1v) is 5.31. The van der Waals surface area contributed by atoms with Crippen molar-refractivity contribution in [2.24, 2.45) is 11.7 Å². The summed E-state index contributed by atoms with van der Waals surface area (Å²) in [7, 11) is 0. The van der Waals surface area contributed by atoms with Crippen molar-refractivity contribution in [3.05, 3.63) is 0 Å². The molecule has 1 fully saturated rings. The lowest BCUT2D eigenvalue weighted by molar-refractivity contribution is -0.149. The fourth-order valence-corrected chi connectivity index (χ4v) is 1.77. The van der Waals surface area contributed by atoms with Gasteiger partial charge < -0.3 is 20.8 Å². The first-order valence-electron chi connectivity index (χ1n) is 5.31. The number of nitrogens with two attached hydrogens (primary N) is 1. The van der Waals surface area contributed by atoms with E-state index in [2.05, 4.69) is 0 Å². The van der Waals surface area contributed by atoms with Crippen LogP contribution in [0.5, 0.6) is 0 Å². The predicted octanol–water partition coefficient (Wildman–Crippen LogP) is -0.984. The molecule has 92 valence electrons. The second-order valence-corrected chi connectivity index (χ2v) is 4.50. The summed E-state index contributed by atoms with van der Waals surface area (Å²) in [6, 6.07) is -1.67. The smallest absolute Gasteiger partial charge is 0.326 e. The van der Waals surface area contributed by atoms with Crippen LogP contribution < -0.4 is 5.73 Å². The van der Waals surface area contributed by atoms with Crippen LogP contribution in [0.15, 0.2) is 0 Å². The fourth-order valence-electron chi connectivity index (χ4n) is 1.77. The molecule has 6 heteroatoms. The van der Waals surface area contributed by atoms with Crippen LogP contribution in [0.25, 0.3) is 0 Å². The summed E-state index contributed by atoms with van der Waals surface area (Å²) in [6.07, 6.45) is -0.698. The molecule has 0 spiro atoms. The zero-order valence-electron chi connectivity index (χ0n) is 9.46. The third-order valence-corrected chi connectivity index (χ3v) is 2.85. The molecule has 0 saturated carbocycles. The van der Waals surface area contributed by atoms with Crippen LogP contribution in [0.4, 0.5) is 0 Å². The average molecular weight is 230 g/mol. The van der Waals surface area contributed by atoms with Crippen LogP contribution in [0.3, 0.4) is 0 Å². The molecule has 0 bridgehead atoms. The summed E-state index contributed by atoms with van der Waals surface area (Å²) in [5.74, 6) is -1.56. The van der Waals surface area contributed by atoms with E-state index in [1.54, 1.807) is 13.8 Å². The average Bonchev–Trinajstić information content (AvgIpc) is 2.58. The predicted molar refractivity (Wildman–Crippen MR) is 56.6 cm³/mol. The van der Waals surface area contributed by atoms with Crippen LogP contribution in [0.2, 0.25) is 0 Å². The molecule has 1 aliphatic heterocycles. The van der Waals surface area contributed by atoms with Gasteiger partial charge in [-0.2, -0.15) is 0 Å². The second kappa shape index (κ2) is 4.80. The number of nitrogens with zero attached hydrogens (tertiary/aromatic N) is 1. The van der Waals surface area contributed by atoms with Gasteiger partial charge in [0, 0.05) is 13.0 Å². The molecule has 16 heavy (non-hydrogen) atoms. The Bertz CT molecular complexity index is 293. The van der Waals surface area contributed by atoms with Gasteiger partial charge in [-0.15, -0.1) is 0 Å². The molecule has 0 aliphatic carbocycles. The Balaban J connectivity index is 2.78. The summed E-state index contributed by atoms with van der Waals surface area (Å²) in [5.41, 5.74) is 5.68. The number of aliphatic hydroxyl groups excluding tert-OH is 1. The number of β-amino-alcohol motifs (C(OH)–C–C–N with tert-alkyl or cyclic N) is 1. The maximum absolute atomic E-state index is 11.9. The lowest BCUT2D eigenvalue weighted by Gasteiger charge is -2.26. The van der Waals surface area contributed by atoms with Gasteiger partial charge in [-0.1, -0.05) is 13.8 Å². The monoisotopic (exact) mass is 230 g/mol. The van der Waals surface area contributed by atoms with Crippen LogP contribution in [0, 0.1) is 5.92 Å². The van der Waals surface area contributed by atoms with Crippen molar-refractivity contribution >= 4 is 11.9 Å². The van der Waals surface area contributed by atoms with Gasteiger partial charge in [-0.3, -0.25) is 4.79 Å². The molecule has 6 nitrogen and oxygen atoms in total. The Morgan fingerprint density at radius 3 is 2.44 bits per heavy atom. The van der Waals surface area contributed by atoms with Crippen molar-refractivity contribution in [2.75, 3.05) is 6.54 Å². The Morgan fingerprint density at radius 2 is 2.00 bits per heavy atom. The van der Waals surface area contributed by atoms with Gasteiger partial charge in [0.15, 0.2) is 0 Å². The highest BCUT2D eigenvalue weighted by Crippen LogP contribution is 2.20. The molecular weight excluding hydrogens is 212 g/mol. The molecule has 1 heterocycles. The number of rotatable bonds is 3. The Hall–Kier alpha value is -1.14. The minimum absolute atomic E-state index is 0.0518. The largest absolute Gasteiger partial charge is 0.480 e. The fraction of sp³-hybridized carbons (Fsp3) is 0.800. The zero-order chi connectivity index (χ0) is 12.5. The Kier molecular flexibility index (Phi) is 3.88. The first kappa shape index (κ1) is 12.9. The topological polar surface area (TPSA) is 104 Å². The second-order valence-electron chi connectivity index (χ2n) is 4.50. The Labute approximate surface area is 94.0 Å². The molecule has 0 aromatic heterocycles. The van der Waals surface area contributed by atoms with E-state index in [9.17, 15) is 14.7 Å². The van der Waals surface area contributed by atoms with Gasteiger partial charge in [-0.05, 0) is 5.92 Å². The third kappa shape index (κ3) is 2.51. The molecule has 1 rings (SSSR count). The van der Waals surface area contributed by atoms with E-state index in [0.29, 0.717) is 0 Å². The number of aliphatic hydroxyl groups is 1. The summed E-state index contributed by atoms with van der Waals surface area (Å²) in [5, 5.41) is 18.3. The van der Waals surface area contributed by atoms with Crippen LogP contribution in [-0.2, 0) is 9.59 Å². The molecule has 1 saturated heterocycles. The number of carbonyl (C=O) groups is 2.